The second-order valence-corrected chi connectivity index (χ2v) is 6.11. The minimum absolute atomic E-state index is 0.00478. The zero-order valence-electron chi connectivity index (χ0n) is 12.1. The molecule has 0 aliphatic rings. The first-order valence-electron chi connectivity index (χ1n) is 6.55. The van der Waals surface area contributed by atoms with E-state index in [2.05, 4.69) is 20.8 Å². The maximum absolute atomic E-state index is 11.9. The van der Waals surface area contributed by atoms with Crippen LogP contribution in [0.1, 0.15) is 44.5 Å². The summed E-state index contributed by atoms with van der Waals surface area (Å²) < 4.78 is 5.29. The first-order valence-corrected chi connectivity index (χ1v) is 6.55. The summed E-state index contributed by atoms with van der Waals surface area (Å²) in [6.07, 6.45) is 0.849. The third-order valence-corrected chi connectivity index (χ3v) is 2.88. The first-order chi connectivity index (χ1) is 8.83. The molecule has 0 fully saturated rings. The molecule has 3 nitrogen and oxygen atoms in total. The molecule has 0 heterocycles. The van der Waals surface area contributed by atoms with E-state index < -0.39 is 12.1 Å². The monoisotopic (exact) mass is 262 g/mol. The smallest absolute Gasteiger partial charge is 0.338 e. The van der Waals surface area contributed by atoms with Crippen molar-refractivity contribution in [1.82, 2.24) is 0 Å². The van der Waals surface area contributed by atoms with Gasteiger partial charge in [0.1, 0.15) is 0 Å². The molecule has 1 rings (SSSR count). The van der Waals surface area contributed by atoms with E-state index in [1.807, 2.05) is 13.0 Å². The van der Waals surface area contributed by atoms with Gasteiger partial charge in [-0.25, -0.2) is 4.79 Å². The van der Waals surface area contributed by atoms with Gasteiger partial charge < -0.3 is 4.74 Å². The molecule has 0 N–H and O–H groups in total. The third-order valence-electron chi connectivity index (χ3n) is 2.88. The third kappa shape index (κ3) is 5.25. The van der Waals surface area contributed by atoms with Gasteiger partial charge in [-0.3, -0.25) is 4.79 Å². The number of hydrogen-bond acceptors (Lipinski definition) is 3. The van der Waals surface area contributed by atoms with E-state index in [1.54, 1.807) is 24.3 Å². The number of esters is 1. The number of hydrogen-bond donors (Lipinski definition) is 0. The van der Waals surface area contributed by atoms with Crippen molar-refractivity contribution < 1.29 is 14.3 Å². The summed E-state index contributed by atoms with van der Waals surface area (Å²) in [6.45, 7) is 8.24. The molecular weight excluding hydrogens is 240 g/mol. The van der Waals surface area contributed by atoms with Crippen molar-refractivity contribution >= 4 is 12.3 Å². The summed E-state index contributed by atoms with van der Waals surface area (Å²) in [5.41, 5.74) is 0.567. The van der Waals surface area contributed by atoms with Crippen LogP contribution >= 0.6 is 0 Å². The number of carbonyl (C=O) groups excluding carboxylic acids is 2. The van der Waals surface area contributed by atoms with E-state index in [0.717, 1.165) is 12.7 Å². The molecule has 3 heteroatoms. The molecule has 0 aliphatic carbocycles. The summed E-state index contributed by atoms with van der Waals surface area (Å²) >= 11 is 0. The van der Waals surface area contributed by atoms with Crippen molar-refractivity contribution in [2.75, 3.05) is 0 Å². The molecule has 0 radical (unpaired) electrons. The van der Waals surface area contributed by atoms with E-state index >= 15 is 0 Å². The largest absolute Gasteiger partial charge is 0.451 e. The lowest BCUT2D eigenvalue weighted by molar-refractivity contribution is -0.118. The van der Waals surface area contributed by atoms with Crippen LogP contribution in [0.5, 0.6) is 0 Å². The Labute approximate surface area is 115 Å². The number of benzene rings is 1. The standard InChI is InChI=1S/C16H22O3/c1-12(10-16(2,3)4)14(11-17)19-15(18)13-8-6-5-7-9-13/h5-9,11-12,14H,10H2,1-4H3. The van der Waals surface area contributed by atoms with Gasteiger partial charge in [-0.05, 0) is 24.0 Å². The van der Waals surface area contributed by atoms with Crippen LogP contribution in [0.3, 0.4) is 0 Å². The van der Waals surface area contributed by atoms with Crippen LogP contribution in [0.2, 0.25) is 0 Å². The fourth-order valence-corrected chi connectivity index (χ4v) is 2.13. The zero-order chi connectivity index (χ0) is 14.5. The molecule has 19 heavy (non-hydrogen) atoms. The van der Waals surface area contributed by atoms with Crippen LogP contribution in [-0.2, 0) is 9.53 Å². The SMILES string of the molecule is CC(CC(C)(C)C)C(C=O)OC(=O)c1ccccc1. The fourth-order valence-electron chi connectivity index (χ4n) is 2.13. The summed E-state index contributed by atoms with van der Waals surface area (Å²) in [5, 5.41) is 0. The lowest BCUT2D eigenvalue weighted by Crippen LogP contribution is -2.29. The summed E-state index contributed by atoms with van der Waals surface area (Å²) in [7, 11) is 0. The molecule has 0 bridgehead atoms. The van der Waals surface area contributed by atoms with Gasteiger partial charge in [0.15, 0.2) is 12.4 Å². The molecule has 1 aromatic rings. The van der Waals surface area contributed by atoms with Crippen molar-refractivity contribution in [3.8, 4) is 0 Å². The van der Waals surface area contributed by atoms with Crippen molar-refractivity contribution in [2.24, 2.45) is 11.3 Å². The van der Waals surface area contributed by atoms with E-state index in [0.29, 0.717) is 5.56 Å². The summed E-state index contributed by atoms with van der Waals surface area (Å²) in [6, 6.07) is 8.73. The second kappa shape index (κ2) is 6.50. The highest BCUT2D eigenvalue weighted by atomic mass is 16.5. The van der Waals surface area contributed by atoms with E-state index in [4.69, 9.17) is 4.74 Å². The average Bonchev–Trinajstić information content (AvgIpc) is 2.34. The van der Waals surface area contributed by atoms with Crippen LogP contribution in [-0.4, -0.2) is 18.4 Å². The Balaban J connectivity index is 2.67. The second-order valence-electron chi connectivity index (χ2n) is 6.11. The molecule has 104 valence electrons. The predicted molar refractivity (Wildman–Crippen MR) is 74.9 cm³/mol. The lowest BCUT2D eigenvalue weighted by Gasteiger charge is -2.26. The maximum atomic E-state index is 11.9. The Hall–Kier alpha value is -1.64. The van der Waals surface area contributed by atoms with Gasteiger partial charge in [0.05, 0.1) is 5.56 Å². The van der Waals surface area contributed by atoms with Gasteiger partial charge in [0.25, 0.3) is 0 Å². The van der Waals surface area contributed by atoms with Gasteiger partial charge in [0, 0.05) is 5.92 Å². The van der Waals surface area contributed by atoms with Gasteiger partial charge in [0.2, 0.25) is 0 Å². The fraction of sp³-hybridized carbons (Fsp3) is 0.500. The number of aldehydes is 1. The van der Waals surface area contributed by atoms with Crippen molar-refractivity contribution in [3.05, 3.63) is 35.9 Å². The van der Waals surface area contributed by atoms with Crippen LogP contribution in [0.25, 0.3) is 0 Å². The molecule has 0 saturated carbocycles. The minimum atomic E-state index is -0.688. The first kappa shape index (κ1) is 15.4. The topological polar surface area (TPSA) is 43.4 Å². The van der Waals surface area contributed by atoms with Gasteiger partial charge in [-0.15, -0.1) is 0 Å². The zero-order valence-corrected chi connectivity index (χ0v) is 12.1. The Morgan fingerprint density at radius 2 is 1.84 bits per heavy atom. The predicted octanol–water partition coefficient (Wildman–Crippen LogP) is 3.48. The average molecular weight is 262 g/mol. The van der Waals surface area contributed by atoms with Crippen LogP contribution in [0.15, 0.2) is 30.3 Å². The highest BCUT2D eigenvalue weighted by molar-refractivity contribution is 5.90. The van der Waals surface area contributed by atoms with Crippen molar-refractivity contribution in [3.63, 3.8) is 0 Å². The normalized spacial score (nSPS) is 14.5. The van der Waals surface area contributed by atoms with E-state index in [1.165, 1.54) is 0 Å². The number of ether oxygens (including phenoxy) is 1. The van der Waals surface area contributed by atoms with Crippen LogP contribution in [0, 0.1) is 11.3 Å². The molecule has 1 aromatic carbocycles. The van der Waals surface area contributed by atoms with Crippen molar-refractivity contribution in [2.45, 2.75) is 40.2 Å². The minimum Gasteiger partial charge on any atom is -0.451 e. The molecule has 0 saturated heterocycles. The Morgan fingerprint density at radius 1 is 1.26 bits per heavy atom. The van der Waals surface area contributed by atoms with Gasteiger partial charge in [-0.1, -0.05) is 45.9 Å². The highest BCUT2D eigenvalue weighted by Crippen LogP contribution is 2.27. The highest BCUT2D eigenvalue weighted by Gasteiger charge is 2.25. The molecule has 2 unspecified atom stereocenters. The molecule has 0 spiro atoms. The molecule has 0 amide bonds. The van der Waals surface area contributed by atoms with Crippen LogP contribution < -0.4 is 0 Å². The maximum Gasteiger partial charge on any atom is 0.338 e. The van der Waals surface area contributed by atoms with Crippen molar-refractivity contribution in [1.29, 1.82) is 0 Å². The van der Waals surface area contributed by atoms with E-state index in [-0.39, 0.29) is 11.3 Å². The van der Waals surface area contributed by atoms with E-state index in [9.17, 15) is 9.59 Å². The Bertz CT molecular complexity index is 417. The quantitative estimate of drug-likeness (QED) is 0.602. The summed E-state index contributed by atoms with van der Waals surface area (Å²) in [5.74, 6) is -0.441. The molecule has 0 aliphatic heterocycles. The van der Waals surface area contributed by atoms with Gasteiger partial charge >= 0.3 is 5.97 Å². The molecule has 2 atom stereocenters. The Morgan fingerprint density at radius 3 is 2.32 bits per heavy atom. The van der Waals surface area contributed by atoms with Crippen LogP contribution in [0.4, 0.5) is 0 Å². The molecular formula is C16H22O3. The lowest BCUT2D eigenvalue weighted by atomic mass is 9.83. The summed E-state index contributed by atoms with van der Waals surface area (Å²) in [4.78, 5) is 23.0. The number of rotatable bonds is 5. The van der Waals surface area contributed by atoms with Gasteiger partial charge in [-0.2, -0.15) is 0 Å². The number of carbonyl (C=O) groups is 2. The Kier molecular flexibility index (Phi) is 5.28. The molecule has 0 aromatic heterocycles.